The molecule has 1 aliphatic heterocycles. The number of nitrogens with one attached hydrogen (secondary N) is 1. The van der Waals surface area contributed by atoms with Gasteiger partial charge in [-0.25, -0.2) is 0 Å². The third kappa shape index (κ3) is 5.09. The minimum absolute atomic E-state index is 0.459. The second-order valence-electron chi connectivity index (χ2n) is 4.62. The Balaban J connectivity index is 2.40. The second kappa shape index (κ2) is 6.61. The van der Waals surface area contributed by atoms with E-state index in [4.69, 9.17) is 0 Å². The van der Waals surface area contributed by atoms with Gasteiger partial charge in [-0.1, -0.05) is 0 Å². The first-order valence-corrected chi connectivity index (χ1v) is 7.59. The second-order valence-corrected chi connectivity index (χ2v) is 6.10. The summed E-state index contributed by atoms with van der Waals surface area (Å²) in [6.07, 6.45) is 4.19. The van der Waals surface area contributed by atoms with Gasteiger partial charge in [0.05, 0.1) is 0 Å². The summed E-state index contributed by atoms with van der Waals surface area (Å²) in [5.74, 6) is 0.807. The molecule has 90 valence electrons. The Morgan fingerprint density at radius 3 is 2.93 bits per heavy atom. The van der Waals surface area contributed by atoms with E-state index in [0.717, 1.165) is 25.4 Å². The van der Waals surface area contributed by atoms with Crippen LogP contribution in [0, 0.1) is 0 Å². The fraction of sp³-hybridized carbons (Fsp3) is 1.00. The van der Waals surface area contributed by atoms with Crippen LogP contribution in [-0.2, 0) is 10.8 Å². The zero-order valence-electron chi connectivity index (χ0n) is 10.2. The van der Waals surface area contributed by atoms with Crippen molar-refractivity contribution in [2.24, 2.45) is 0 Å². The molecule has 1 aliphatic rings. The van der Waals surface area contributed by atoms with Crippen molar-refractivity contribution in [3.05, 3.63) is 0 Å². The molecular weight excluding hydrogens is 208 g/mol. The molecule has 0 radical (unpaired) electrons. The molecule has 0 amide bonds. The standard InChI is InChI=1S/C11H24N2OS/c1-10-5-8-13(7-4-6-12-10)11(2)9-15(3)14/h10-12H,4-9H2,1-3H3. The van der Waals surface area contributed by atoms with Crippen molar-refractivity contribution in [1.29, 1.82) is 0 Å². The number of hydrogen-bond donors (Lipinski definition) is 1. The van der Waals surface area contributed by atoms with Crippen LogP contribution in [0.5, 0.6) is 0 Å². The Labute approximate surface area is 96.1 Å². The fourth-order valence-corrected chi connectivity index (χ4v) is 2.98. The van der Waals surface area contributed by atoms with Crippen LogP contribution >= 0.6 is 0 Å². The quantitative estimate of drug-likeness (QED) is 0.782. The maximum atomic E-state index is 11.2. The smallest absolute Gasteiger partial charge is 0.0385 e. The van der Waals surface area contributed by atoms with Crippen LogP contribution in [-0.4, -0.2) is 52.8 Å². The number of nitrogens with zero attached hydrogens (tertiary/aromatic N) is 1. The highest BCUT2D eigenvalue weighted by atomic mass is 32.2. The first-order chi connectivity index (χ1) is 7.09. The largest absolute Gasteiger partial charge is 0.314 e. The van der Waals surface area contributed by atoms with Crippen LogP contribution in [0.25, 0.3) is 0 Å². The molecule has 15 heavy (non-hydrogen) atoms. The summed E-state index contributed by atoms with van der Waals surface area (Å²) in [7, 11) is -0.673. The third-order valence-corrected chi connectivity index (χ3v) is 4.02. The van der Waals surface area contributed by atoms with E-state index in [1.54, 1.807) is 6.26 Å². The van der Waals surface area contributed by atoms with E-state index < -0.39 is 10.8 Å². The van der Waals surface area contributed by atoms with Gasteiger partial charge in [-0.05, 0) is 46.3 Å². The zero-order valence-corrected chi connectivity index (χ0v) is 11.0. The molecule has 0 aromatic carbocycles. The molecule has 0 aliphatic carbocycles. The molecule has 0 spiro atoms. The summed E-state index contributed by atoms with van der Waals surface area (Å²) in [4.78, 5) is 2.48. The maximum Gasteiger partial charge on any atom is 0.0385 e. The van der Waals surface area contributed by atoms with E-state index in [0.29, 0.717) is 12.1 Å². The van der Waals surface area contributed by atoms with Gasteiger partial charge in [0, 0.05) is 34.9 Å². The summed E-state index contributed by atoms with van der Waals surface area (Å²) in [5.41, 5.74) is 0. The van der Waals surface area contributed by atoms with Gasteiger partial charge >= 0.3 is 0 Å². The number of rotatable bonds is 3. The molecular formula is C11H24N2OS. The molecule has 0 aromatic rings. The van der Waals surface area contributed by atoms with Gasteiger partial charge in [0.15, 0.2) is 0 Å². The molecule has 1 saturated heterocycles. The number of hydrogen-bond acceptors (Lipinski definition) is 3. The van der Waals surface area contributed by atoms with Crippen molar-refractivity contribution in [3.63, 3.8) is 0 Å². The highest BCUT2D eigenvalue weighted by molar-refractivity contribution is 7.84. The van der Waals surface area contributed by atoms with Gasteiger partial charge in [0.25, 0.3) is 0 Å². The van der Waals surface area contributed by atoms with Crippen LogP contribution in [0.15, 0.2) is 0 Å². The van der Waals surface area contributed by atoms with E-state index in [9.17, 15) is 4.21 Å². The Bertz CT molecular complexity index is 211. The lowest BCUT2D eigenvalue weighted by Crippen LogP contribution is -2.43. The fourth-order valence-electron chi connectivity index (χ4n) is 2.09. The molecule has 3 unspecified atom stereocenters. The Kier molecular flexibility index (Phi) is 5.79. The predicted octanol–water partition coefficient (Wildman–Crippen LogP) is 0.827. The highest BCUT2D eigenvalue weighted by Crippen LogP contribution is 2.07. The van der Waals surface area contributed by atoms with Crippen molar-refractivity contribution in [2.45, 2.75) is 38.8 Å². The molecule has 3 atom stereocenters. The topological polar surface area (TPSA) is 32.3 Å². The molecule has 1 heterocycles. The molecule has 1 fully saturated rings. The van der Waals surface area contributed by atoms with E-state index in [2.05, 4.69) is 24.1 Å². The minimum Gasteiger partial charge on any atom is -0.314 e. The SMILES string of the molecule is CC1CCN(C(C)CS(C)=O)CCCN1. The molecule has 3 nitrogen and oxygen atoms in total. The summed E-state index contributed by atoms with van der Waals surface area (Å²) in [6, 6.07) is 1.08. The molecule has 1 rings (SSSR count). The molecule has 0 bridgehead atoms. The van der Waals surface area contributed by atoms with Gasteiger partial charge in [0.1, 0.15) is 0 Å². The normalized spacial score (nSPS) is 29.1. The molecule has 0 saturated carbocycles. The van der Waals surface area contributed by atoms with Crippen molar-refractivity contribution in [1.82, 2.24) is 10.2 Å². The highest BCUT2D eigenvalue weighted by Gasteiger charge is 2.17. The Hall–Kier alpha value is 0.0700. The first kappa shape index (κ1) is 13.1. The summed E-state index contributed by atoms with van der Waals surface area (Å²) in [6.45, 7) is 7.82. The van der Waals surface area contributed by atoms with E-state index >= 15 is 0 Å². The summed E-state index contributed by atoms with van der Waals surface area (Å²) >= 11 is 0. The summed E-state index contributed by atoms with van der Waals surface area (Å²) < 4.78 is 11.2. The average Bonchev–Trinajstić information content (AvgIpc) is 2.10. The van der Waals surface area contributed by atoms with Crippen molar-refractivity contribution < 1.29 is 4.21 Å². The van der Waals surface area contributed by atoms with Crippen LogP contribution in [0.1, 0.15) is 26.7 Å². The van der Waals surface area contributed by atoms with Gasteiger partial charge in [0.2, 0.25) is 0 Å². The monoisotopic (exact) mass is 232 g/mol. The van der Waals surface area contributed by atoms with Gasteiger partial charge in [-0.15, -0.1) is 0 Å². The minimum atomic E-state index is -0.673. The average molecular weight is 232 g/mol. The van der Waals surface area contributed by atoms with Gasteiger partial charge < -0.3 is 5.32 Å². The van der Waals surface area contributed by atoms with Crippen LogP contribution in [0.4, 0.5) is 0 Å². The Morgan fingerprint density at radius 1 is 1.53 bits per heavy atom. The van der Waals surface area contributed by atoms with Gasteiger partial charge in [-0.3, -0.25) is 9.11 Å². The van der Waals surface area contributed by atoms with Crippen LogP contribution in [0.2, 0.25) is 0 Å². The molecule has 0 aromatic heterocycles. The van der Waals surface area contributed by atoms with E-state index in [-0.39, 0.29) is 0 Å². The van der Waals surface area contributed by atoms with Crippen molar-refractivity contribution in [3.8, 4) is 0 Å². The lowest BCUT2D eigenvalue weighted by Gasteiger charge is -2.32. The Morgan fingerprint density at radius 2 is 2.27 bits per heavy atom. The lowest BCUT2D eigenvalue weighted by molar-refractivity contribution is 0.197. The van der Waals surface area contributed by atoms with E-state index in [1.807, 2.05) is 0 Å². The maximum absolute atomic E-state index is 11.2. The van der Waals surface area contributed by atoms with E-state index in [1.165, 1.54) is 12.8 Å². The van der Waals surface area contributed by atoms with Gasteiger partial charge in [-0.2, -0.15) is 0 Å². The third-order valence-electron chi connectivity index (χ3n) is 3.06. The predicted molar refractivity (Wildman–Crippen MR) is 66.7 cm³/mol. The lowest BCUT2D eigenvalue weighted by atomic mass is 10.1. The van der Waals surface area contributed by atoms with Crippen LogP contribution in [0.3, 0.4) is 0 Å². The summed E-state index contributed by atoms with van der Waals surface area (Å²) in [5, 5.41) is 3.50. The zero-order chi connectivity index (χ0) is 11.3. The molecule has 1 N–H and O–H groups in total. The van der Waals surface area contributed by atoms with Crippen LogP contribution < -0.4 is 5.32 Å². The molecule has 4 heteroatoms. The van der Waals surface area contributed by atoms with Crippen molar-refractivity contribution >= 4 is 10.8 Å². The first-order valence-electron chi connectivity index (χ1n) is 5.87. The van der Waals surface area contributed by atoms with Crippen molar-refractivity contribution in [2.75, 3.05) is 31.6 Å².